The Morgan fingerprint density at radius 1 is 1.48 bits per heavy atom. The summed E-state index contributed by atoms with van der Waals surface area (Å²) in [5.41, 5.74) is 0. The van der Waals surface area contributed by atoms with Crippen molar-refractivity contribution in [2.45, 2.75) is 32.2 Å². The Morgan fingerprint density at radius 3 is 2.71 bits per heavy atom. The first-order valence-corrected chi connectivity index (χ1v) is 7.86. The third-order valence-corrected chi connectivity index (χ3v) is 4.92. The fraction of sp³-hybridized carbons (Fsp3) is 0.467. The van der Waals surface area contributed by atoms with Gasteiger partial charge in [-0.2, -0.15) is 0 Å². The number of hydrogen-bond acceptors (Lipinski definition) is 4. The fourth-order valence-corrected chi connectivity index (χ4v) is 3.77. The summed E-state index contributed by atoms with van der Waals surface area (Å²) >= 11 is 1.52. The lowest BCUT2D eigenvalue weighted by atomic mass is 10.1. The predicted octanol–water partition coefficient (Wildman–Crippen LogP) is 2.61. The first kappa shape index (κ1) is 15.7. The van der Waals surface area contributed by atoms with E-state index >= 15 is 0 Å². The molecule has 21 heavy (non-hydrogen) atoms. The van der Waals surface area contributed by atoms with Crippen molar-refractivity contribution in [1.29, 1.82) is 0 Å². The standard InChI is InChI=1S/C15H19NO4S/c1-9(2)14-16(12(8-21-14)15(18)19)13(17)7-6-11-5-4-10(3)20-11/h4-7,9,12,14H,8H2,1-3H3,(H,18,19). The molecule has 1 fully saturated rings. The highest BCUT2D eigenvalue weighted by atomic mass is 32.2. The molecule has 1 N–H and O–H groups in total. The summed E-state index contributed by atoms with van der Waals surface area (Å²) in [5.74, 6) is 0.726. The molecular formula is C15H19NO4S. The molecule has 5 nitrogen and oxygen atoms in total. The number of furan rings is 1. The molecule has 2 heterocycles. The van der Waals surface area contributed by atoms with E-state index in [0.29, 0.717) is 11.5 Å². The van der Waals surface area contributed by atoms with Crippen LogP contribution in [-0.4, -0.2) is 39.1 Å². The lowest BCUT2D eigenvalue weighted by molar-refractivity contribution is -0.147. The summed E-state index contributed by atoms with van der Waals surface area (Å²) in [7, 11) is 0. The second kappa shape index (κ2) is 6.39. The molecule has 2 unspecified atom stereocenters. The number of nitrogens with zero attached hydrogens (tertiary/aromatic N) is 1. The normalized spacial score (nSPS) is 22.4. The molecule has 0 bridgehead atoms. The van der Waals surface area contributed by atoms with Gasteiger partial charge < -0.3 is 14.4 Å². The van der Waals surface area contributed by atoms with Gasteiger partial charge in [0.05, 0.1) is 5.37 Å². The Hall–Kier alpha value is -1.69. The molecule has 2 atom stereocenters. The minimum atomic E-state index is -0.957. The SMILES string of the molecule is Cc1ccc(C=CC(=O)N2C(C(=O)O)CSC2C(C)C)o1. The van der Waals surface area contributed by atoms with Crippen LogP contribution >= 0.6 is 11.8 Å². The van der Waals surface area contributed by atoms with E-state index in [9.17, 15) is 14.7 Å². The van der Waals surface area contributed by atoms with Crippen molar-refractivity contribution in [3.05, 3.63) is 29.7 Å². The summed E-state index contributed by atoms with van der Waals surface area (Å²) in [5, 5.41) is 9.16. The monoisotopic (exact) mass is 309 g/mol. The van der Waals surface area contributed by atoms with Crippen LogP contribution < -0.4 is 0 Å². The van der Waals surface area contributed by atoms with Crippen LogP contribution in [0, 0.1) is 12.8 Å². The van der Waals surface area contributed by atoms with Gasteiger partial charge in [-0.1, -0.05) is 13.8 Å². The average molecular weight is 309 g/mol. The number of thioether (sulfide) groups is 1. The highest BCUT2D eigenvalue weighted by Crippen LogP contribution is 2.34. The first-order valence-electron chi connectivity index (χ1n) is 6.81. The Bertz CT molecular complexity index is 564. The maximum absolute atomic E-state index is 12.4. The molecule has 2 rings (SSSR count). The van der Waals surface area contributed by atoms with Crippen LogP contribution in [0.15, 0.2) is 22.6 Å². The Kier molecular flexibility index (Phi) is 4.77. The second-order valence-electron chi connectivity index (χ2n) is 5.35. The number of carbonyl (C=O) groups excluding carboxylic acids is 1. The Labute approximate surface area is 128 Å². The zero-order chi connectivity index (χ0) is 15.6. The number of carbonyl (C=O) groups is 2. The van der Waals surface area contributed by atoms with Crippen molar-refractivity contribution in [2.24, 2.45) is 5.92 Å². The van der Waals surface area contributed by atoms with Crippen molar-refractivity contribution < 1.29 is 19.1 Å². The number of carboxylic acid groups (broad SMARTS) is 1. The van der Waals surface area contributed by atoms with Crippen LogP contribution in [0.4, 0.5) is 0 Å². The predicted molar refractivity (Wildman–Crippen MR) is 81.8 cm³/mol. The molecule has 0 aliphatic carbocycles. The van der Waals surface area contributed by atoms with E-state index in [1.165, 1.54) is 22.7 Å². The number of hydrogen-bond donors (Lipinski definition) is 1. The Balaban J connectivity index is 2.17. The zero-order valence-electron chi connectivity index (χ0n) is 12.3. The van der Waals surface area contributed by atoms with E-state index in [-0.39, 0.29) is 17.2 Å². The van der Waals surface area contributed by atoms with Gasteiger partial charge in [0.15, 0.2) is 0 Å². The van der Waals surface area contributed by atoms with E-state index in [0.717, 1.165) is 5.76 Å². The van der Waals surface area contributed by atoms with Crippen molar-refractivity contribution >= 4 is 29.7 Å². The van der Waals surface area contributed by atoms with Gasteiger partial charge in [-0.05, 0) is 31.1 Å². The van der Waals surface area contributed by atoms with Crippen molar-refractivity contribution in [3.63, 3.8) is 0 Å². The molecule has 114 valence electrons. The highest BCUT2D eigenvalue weighted by Gasteiger charge is 2.41. The van der Waals surface area contributed by atoms with Gasteiger partial charge in [0, 0.05) is 11.8 Å². The van der Waals surface area contributed by atoms with Crippen LogP contribution in [0.5, 0.6) is 0 Å². The van der Waals surface area contributed by atoms with Gasteiger partial charge in [-0.25, -0.2) is 4.79 Å². The molecular weight excluding hydrogens is 290 g/mol. The highest BCUT2D eigenvalue weighted by molar-refractivity contribution is 8.00. The van der Waals surface area contributed by atoms with Gasteiger partial charge in [0.25, 0.3) is 0 Å². The van der Waals surface area contributed by atoms with Crippen LogP contribution in [0.25, 0.3) is 6.08 Å². The number of rotatable bonds is 4. The first-order chi connectivity index (χ1) is 9.90. The van der Waals surface area contributed by atoms with Gasteiger partial charge in [0.1, 0.15) is 17.6 Å². The third-order valence-electron chi connectivity index (χ3n) is 3.30. The molecule has 0 radical (unpaired) electrons. The van der Waals surface area contributed by atoms with E-state index < -0.39 is 12.0 Å². The van der Waals surface area contributed by atoms with Gasteiger partial charge in [-0.15, -0.1) is 11.8 Å². The Morgan fingerprint density at radius 2 is 2.19 bits per heavy atom. The molecule has 0 spiro atoms. The van der Waals surface area contributed by atoms with E-state index in [1.807, 2.05) is 26.8 Å². The molecule has 1 aliphatic heterocycles. The quantitative estimate of drug-likeness (QED) is 0.866. The lowest BCUT2D eigenvalue weighted by Crippen LogP contribution is -2.46. The molecule has 1 aromatic rings. The van der Waals surface area contributed by atoms with Gasteiger partial charge in [-0.3, -0.25) is 4.79 Å². The zero-order valence-corrected chi connectivity index (χ0v) is 13.1. The largest absolute Gasteiger partial charge is 0.480 e. The van der Waals surface area contributed by atoms with Gasteiger partial charge >= 0.3 is 5.97 Å². The van der Waals surface area contributed by atoms with Gasteiger partial charge in [0.2, 0.25) is 5.91 Å². The van der Waals surface area contributed by atoms with Crippen molar-refractivity contribution in [1.82, 2.24) is 4.90 Å². The van der Waals surface area contributed by atoms with Crippen molar-refractivity contribution in [2.75, 3.05) is 5.75 Å². The molecule has 1 aromatic heterocycles. The molecule has 1 aliphatic rings. The molecule has 0 saturated carbocycles. The topological polar surface area (TPSA) is 70.8 Å². The second-order valence-corrected chi connectivity index (χ2v) is 6.50. The number of aliphatic carboxylic acids is 1. The molecule has 1 amide bonds. The summed E-state index contributed by atoms with van der Waals surface area (Å²) in [6.07, 6.45) is 2.96. The third kappa shape index (κ3) is 3.50. The molecule has 6 heteroatoms. The number of carboxylic acids is 1. The number of aryl methyl sites for hydroxylation is 1. The van der Waals surface area contributed by atoms with Crippen LogP contribution in [0.2, 0.25) is 0 Å². The molecule has 1 saturated heterocycles. The van der Waals surface area contributed by atoms with Crippen LogP contribution in [0.1, 0.15) is 25.4 Å². The summed E-state index contributed by atoms with van der Waals surface area (Å²) in [6.45, 7) is 5.80. The summed E-state index contributed by atoms with van der Waals surface area (Å²) < 4.78 is 5.37. The van der Waals surface area contributed by atoms with Crippen LogP contribution in [0.3, 0.4) is 0 Å². The fourth-order valence-electron chi connectivity index (χ4n) is 2.29. The van der Waals surface area contributed by atoms with E-state index in [1.54, 1.807) is 12.1 Å². The van der Waals surface area contributed by atoms with Crippen LogP contribution in [-0.2, 0) is 9.59 Å². The summed E-state index contributed by atoms with van der Waals surface area (Å²) in [4.78, 5) is 25.2. The van der Waals surface area contributed by atoms with E-state index in [4.69, 9.17) is 4.42 Å². The minimum Gasteiger partial charge on any atom is -0.480 e. The molecule has 0 aromatic carbocycles. The minimum absolute atomic E-state index is 0.110. The lowest BCUT2D eigenvalue weighted by Gasteiger charge is -2.28. The number of amides is 1. The smallest absolute Gasteiger partial charge is 0.327 e. The van der Waals surface area contributed by atoms with E-state index in [2.05, 4.69) is 0 Å². The maximum atomic E-state index is 12.4. The van der Waals surface area contributed by atoms with Crippen molar-refractivity contribution in [3.8, 4) is 0 Å². The summed E-state index contributed by atoms with van der Waals surface area (Å²) in [6, 6.07) is 2.82. The maximum Gasteiger partial charge on any atom is 0.327 e. The average Bonchev–Trinajstić information content (AvgIpc) is 3.01.